The zero-order valence-corrected chi connectivity index (χ0v) is 17.5. The van der Waals surface area contributed by atoms with Crippen molar-refractivity contribution in [2.45, 2.75) is 38.0 Å². The molecule has 1 saturated carbocycles. The third-order valence-electron chi connectivity index (χ3n) is 5.04. The first kappa shape index (κ1) is 19.7. The third kappa shape index (κ3) is 4.25. The maximum atomic E-state index is 6.30. The minimum Gasteiger partial charge on any atom is -0.362 e. The van der Waals surface area contributed by atoms with E-state index in [1.54, 1.807) is 6.20 Å². The summed E-state index contributed by atoms with van der Waals surface area (Å²) in [4.78, 5) is 4.23. The molecule has 1 heterocycles. The Bertz CT molecular complexity index is 802. The molecule has 0 unspecified atom stereocenters. The topological polar surface area (TPSA) is 37.0 Å². The largest absolute Gasteiger partial charge is 0.362 e. The van der Waals surface area contributed by atoms with Crippen molar-refractivity contribution in [3.63, 3.8) is 0 Å². The van der Waals surface area contributed by atoms with Crippen molar-refractivity contribution in [3.8, 4) is 0 Å². The van der Waals surface area contributed by atoms with Crippen molar-refractivity contribution in [1.82, 2.24) is 10.3 Å². The second-order valence-corrected chi connectivity index (χ2v) is 8.33. The number of rotatable bonds is 4. The van der Waals surface area contributed by atoms with Gasteiger partial charge in [0.1, 0.15) is 0 Å². The number of benzene rings is 1. The highest BCUT2D eigenvalue weighted by Crippen LogP contribution is 2.41. The molecule has 2 N–H and O–H groups in total. The van der Waals surface area contributed by atoms with Crippen molar-refractivity contribution in [2.75, 3.05) is 11.9 Å². The molecule has 7 heteroatoms. The lowest BCUT2D eigenvalue weighted by Gasteiger charge is -2.30. The van der Waals surface area contributed by atoms with Gasteiger partial charge >= 0.3 is 0 Å². The number of nitrogens with one attached hydrogen (secondary N) is 2. The highest BCUT2D eigenvalue weighted by Gasteiger charge is 2.35. The maximum Gasteiger partial charge on any atom is 0.172 e. The molecule has 3 nitrogen and oxygen atoms in total. The molecule has 1 aliphatic rings. The zero-order chi connectivity index (χ0) is 18.7. The fourth-order valence-corrected chi connectivity index (χ4v) is 4.15. The quantitative estimate of drug-likeness (QED) is 0.573. The van der Waals surface area contributed by atoms with E-state index in [0.29, 0.717) is 21.0 Å². The zero-order valence-electron chi connectivity index (χ0n) is 14.4. The van der Waals surface area contributed by atoms with Crippen LogP contribution in [-0.2, 0) is 5.41 Å². The van der Waals surface area contributed by atoms with Crippen LogP contribution in [0.2, 0.25) is 15.1 Å². The van der Waals surface area contributed by atoms with Crippen molar-refractivity contribution in [3.05, 3.63) is 56.7 Å². The molecule has 0 aliphatic heterocycles. The van der Waals surface area contributed by atoms with Crippen molar-refractivity contribution < 1.29 is 0 Å². The van der Waals surface area contributed by atoms with Gasteiger partial charge in [-0.05, 0) is 55.2 Å². The number of hydrogen-bond donors (Lipinski definition) is 2. The van der Waals surface area contributed by atoms with Gasteiger partial charge in [0.15, 0.2) is 10.9 Å². The molecule has 0 saturated heterocycles. The van der Waals surface area contributed by atoms with Gasteiger partial charge in [0.05, 0.1) is 10.0 Å². The first-order chi connectivity index (χ1) is 12.4. The lowest BCUT2D eigenvalue weighted by Crippen LogP contribution is -2.40. The fourth-order valence-electron chi connectivity index (χ4n) is 3.47. The van der Waals surface area contributed by atoms with Gasteiger partial charge in [0.25, 0.3) is 0 Å². The number of pyridine rings is 1. The van der Waals surface area contributed by atoms with E-state index in [2.05, 4.69) is 27.8 Å². The molecule has 2 aromatic rings. The van der Waals surface area contributed by atoms with Crippen LogP contribution in [0.5, 0.6) is 0 Å². The van der Waals surface area contributed by atoms with E-state index >= 15 is 0 Å². The standard InChI is InChI=1S/C19H20Cl3N3S/c1-12-15(21)10-23-17(16(12)22)25-18(26)24-11-19(8-2-3-9-19)13-4-6-14(20)7-5-13/h4-7,10H,2-3,8-9,11H2,1H3,(H2,23,24,25,26). The van der Waals surface area contributed by atoms with Crippen LogP contribution < -0.4 is 10.6 Å². The molecular formula is C19H20Cl3N3S. The predicted octanol–water partition coefficient (Wildman–Crippen LogP) is 6.15. The van der Waals surface area contributed by atoms with Crippen LogP contribution in [0.3, 0.4) is 0 Å². The molecule has 3 rings (SSSR count). The summed E-state index contributed by atoms with van der Waals surface area (Å²) < 4.78 is 0. The number of halogens is 3. The molecule has 1 fully saturated rings. The van der Waals surface area contributed by atoms with E-state index in [4.69, 9.17) is 47.0 Å². The molecular weight excluding hydrogens is 409 g/mol. The molecule has 1 aromatic heterocycles. The second kappa shape index (κ2) is 8.30. The number of nitrogens with zero attached hydrogens (tertiary/aromatic N) is 1. The van der Waals surface area contributed by atoms with E-state index in [-0.39, 0.29) is 5.41 Å². The van der Waals surface area contributed by atoms with Crippen LogP contribution in [0.4, 0.5) is 5.82 Å². The van der Waals surface area contributed by atoms with Gasteiger partial charge in [-0.3, -0.25) is 0 Å². The predicted molar refractivity (Wildman–Crippen MR) is 115 cm³/mol. The van der Waals surface area contributed by atoms with E-state index in [1.807, 2.05) is 19.1 Å². The molecule has 0 spiro atoms. The monoisotopic (exact) mass is 427 g/mol. The summed E-state index contributed by atoms with van der Waals surface area (Å²) in [6.45, 7) is 2.60. The Kier molecular flexibility index (Phi) is 6.29. The molecule has 26 heavy (non-hydrogen) atoms. The molecule has 0 bridgehead atoms. The summed E-state index contributed by atoms with van der Waals surface area (Å²) in [5.74, 6) is 0.512. The van der Waals surface area contributed by atoms with Crippen LogP contribution in [-0.4, -0.2) is 16.6 Å². The number of hydrogen-bond acceptors (Lipinski definition) is 2. The Morgan fingerprint density at radius 1 is 1.15 bits per heavy atom. The summed E-state index contributed by atoms with van der Waals surface area (Å²) in [6, 6.07) is 8.14. The van der Waals surface area contributed by atoms with E-state index in [0.717, 1.165) is 30.0 Å². The Hall–Kier alpha value is -1.07. The van der Waals surface area contributed by atoms with Gasteiger partial charge in [0, 0.05) is 23.2 Å². The van der Waals surface area contributed by atoms with Crippen molar-refractivity contribution in [2.24, 2.45) is 0 Å². The first-order valence-electron chi connectivity index (χ1n) is 8.53. The van der Waals surface area contributed by atoms with Crippen molar-refractivity contribution in [1.29, 1.82) is 0 Å². The molecule has 1 aliphatic carbocycles. The lowest BCUT2D eigenvalue weighted by atomic mass is 9.79. The van der Waals surface area contributed by atoms with Crippen LogP contribution in [0.25, 0.3) is 0 Å². The summed E-state index contributed by atoms with van der Waals surface area (Å²) in [5, 5.41) is 8.69. The average molecular weight is 429 g/mol. The SMILES string of the molecule is Cc1c(Cl)cnc(NC(=S)NCC2(c3ccc(Cl)cc3)CCCC2)c1Cl. The summed E-state index contributed by atoms with van der Waals surface area (Å²) in [5.41, 5.74) is 2.15. The smallest absolute Gasteiger partial charge is 0.172 e. The normalized spacial score (nSPS) is 15.7. The Labute approximate surface area is 174 Å². The maximum absolute atomic E-state index is 6.30. The molecule has 1 aromatic carbocycles. The Morgan fingerprint density at radius 3 is 2.46 bits per heavy atom. The van der Waals surface area contributed by atoms with Crippen LogP contribution in [0, 0.1) is 6.92 Å². The molecule has 0 amide bonds. The van der Waals surface area contributed by atoms with Crippen LogP contribution >= 0.6 is 47.0 Å². The molecule has 138 valence electrons. The summed E-state index contributed by atoms with van der Waals surface area (Å²) in [7, 11) is 0. The number of thiocarbonyl (C=S) groups is 1. The Morgan fingerprint density at radius 2 is 1.81 bits per heavy atom. The Balaban J connectivity index is 1.69. The van der Waals surface area contributed by atoms with Gasteiger partial charge < -0.3 is 10.6 Å². The molecule has 0 radical (unpaired) electrons. The molecule has 0 atom stereocenters. The summed E-state index contributed by atoms with van der Waals surface area (Å²) >= 11 is 23.8. The minimum absolute atomic E-state index is 0.0729. The summed E-state index contributed by atoms with van der Waals surface area (Å²) in [6.07, 6.45) is 6.26. The third-order valence-corrected chi connectivity index (χ3v) is 6.38. The van der Waals surface area contributed by atoms with Gasteiger partial charge in [0.2, 0.25) is 0 Å². The van der Waals surface area contributed by atoms with E-state index in [9.17, 15) is 0 Å². The highest BCUT2D eigenvalue weighted by atomic mass is 35.5. The van der Waals surface area contributed by atoms with Crippen LogP contribution in [0.15, 0.2) is 30.5 Å². The highest BCUT2D eigenvalue weighted by molar-refractivity contribution is 7.80. The number of aromatic nitrogens is 1. The van der Waals surface area contributed by atoms with E-state index in [1.165, 1.54) is 18.4 Å². The number of anilines is 1. The van der Waals surface area contributed by atoms with Gasteiger partial charge in [-0.1, -0.05) is 59.8 Å². The fraction of sp³-hybridized carbons (Fsp3) is 0.368. The van der Waals surface area contributed by atoms with E-state index < -0.39 is 0 Å². The van der Waals surface area contributed by atoms with Crippen LogP contribution in [0.1, 0.15) is 36.8 Å². The van der Waals surface area contributed by atoms with Gasteiger partial charge in [-0.25, -0.2) is 4.98 Å². The first-order valence-corrected chi connectivity index (χ1v) is 10.1. The average Bonchev–Trinajstić information content (AvgIpc) is 3.11. The van der Waals surface area contributed by atoms with Crippen molar-refractivity contribution >= 4 is 58.0 Å². The minimum atomic E-state index is 0.0729. The lowest BCUT2D eigenvalue weighted by molar-refractivity contribution is 0.435. The van der Waals surface area contributed by atoms with Gasteiger partial charge in [-0.15, -0.1) is 0 Å². The van der Waals surface area contributed by atoms with Gasteiger partial charge in [-0.2, -0.15) is 0 Å². The second-order valence-electron chi connectivity index (χ2n) is 6.70.